The highest BCUT2D eigenvalue weighted by Gasteiger charge is 2.13. The summed E-state index contributed by atoms with van der Waals surface area (Å²) in [6, 6.07) is 4.05. The number of methoxy groups -OCH3 is 3. The molecule has 0 unspecified atom stereocenters. The number of nitrogens with zero attached hydrogens (tertiary/aromatic N) is 1. The van der Waals surface area contributed by atoms with Gasteiger partial charge in [-0.15, -0.1) is 24.0 Å². The van der Waals surface area contributed by atoms with E-state index in [1.807, 2.05) is 12.1 Å². The number of benzene rings is 1. The largest absolute Gasteiger partial charge is 0.496 e. The van der Waals surface area contributed by atoms with E-state index in [0.717, 1.165) is 29.4 Å². The smallest absolute Gasteiger partial charge is 0.191 e. The fourth-order valence-electron chi connectivity index (χ4n) is 2.10. The molecule has 0 spiro atoms. The molecule has 0 fully saturated rings. The van der Waals surface area contributed by atoms with Gasteiger partial charge in [0, 0.05) is 37.3 Å². The first-order valence-corrected chi connectivity index (χ1v) is 7.31. The molecule has 0 aliphatic carbocycles. The van der Waals surface area contributed by atoms with Crippen molar-refractivity contribution in [1.29, 1.82) is 0 Å². The Morgan fingerprint density at radius 3 is 2.04 bits per heavy atom. The molecule has 0 aromatic heterocycles. The second-order valence-corrected chi connectivity index (χ2v) is 5.06. The first-order valence-electron chi connectivity index (χ1n) is 7.31. The van der Waals surface area contributed by atoms with E-state index >= 15 is 0 Å². The summed E-state index contributed by atoms with van der Waals surface area (Å²) in [6.45, 7) is 4.86. The highest BCUT2D eigenvalue weighted by atomic mass is 127. The first-order chi connectivity index (χ1) is 10.5. The van der Waals surface area contributed by atoms with Gasteiger partial charge in [-0.05, 0) is 20.3 Å². The van der Waals surface area contributed by atoms with Crippen LogP contribution in [-0.4, -0.2) is 46.9 Å². The summed E-state index contributed by atoms with van der Waals surface area (Å²) >= 11 is 0. The van der Waals surface area contributed by atoms with Gasteiger partial charge >= 0.3 is 0 Å². The fraction of sp³-hybridized carbons (Fsp3) is 0.562. The lowest BCUT2D eigenvalue weighted by atomic mass is 10.1. The van der Waals surface area contributed by atoms with Crippen molar-refractivity contribution in [2.45, 2.75) is 26.3 Å². The molecule has 0 atom stereocenters. The molecule has 1 rings (SSSR count). The summed E-state index contributed by atoms with van der Waals surface area (Å²) < 4.78 is 16.1. The summed E-state index contributed by atoms with van der Waals surface area (Å²) in [5.41, 5.74) is 0.998. The van der Waals surface area contributed by atoms with Gasteiger partial charge in [-0.25, -0.2) is 0 Å². The predicted molar refractivity (Wildman–Crippen MR) is 105 cm³/mol. The van der Waals surface area contributed by atoms with Gasteiger partial charge in [0.05, 0.1) is 21.3 Å². The standard InChI is InChI=1S/C16H27N3O3.HI/c1-11(2)19-16(17-3)18-8-7-13-14(21-5)9-12(20-4)10-15(13)22-6;/h9-11H,7-8H2,1-6H3,(H2,17,18,19);1H. The molecule has 0 amide bonds. The van der Waals surface area contributed by atoms with Crippen LogP contribution in [-0.2, 0) is 6.42 Å². The number of nitrogens with one attached hydrogen (secondary N) is 2. The lowest BCUT2D eigenvalue weighted by Crippen LogP contribution is -2.41. The normalized spacial score (nSPS) is 10.8. The molecule has 1 aromatic carbocycles. The maximum Gasteiger partial charge on any atom is 0.191 e. The molecule has 0 radical (unpaired) electrons. The van der Waals surface area contributed by atoms with Gasteiger partial charge in [0.1, 0.15) is 17.2 Å². The monoisotopic (exact) mass is 437 g/mol. The zero-order valence-electron chi connectivity index (χ0n) is 14.7. The van der Waals surface area contributed by atoms with E-state index in [4.69, 9.17) is 14.2 Å². The third-order valence-corrected chi connectivity index (χ3v) is 3.13. The summed E-state index contributed by atoms with van der Waals surface area (Å²) in [4.78, 5) is 4.18. The number of ether oxygens (including phenoxy) is 3. The van der Waals surface area contributed by atoms with Crippen molar-refractivity contribution in [1.82, 2.24) is 10.6 Å². The highest BCUT2D eigenvalue weighted by molar-refractivity contribution is 14.0. The summed E-state index contributed by atoms with van der Waals surface area (Å²) in [5.74, 6) is 3.00. The molecule has 7 heteroatoms. The minimum atomic E-state index is 0. The van der Waals surface area contributed by atoms with E-state index < -0.39 is 0 Å². The second-order valence-electron chi connectivity index (χ2n) is 5.06. The van der Waals surface area contributed by atoms with Gasteiger partial charge in [0.15, 0.2) is 5.96 Å². The Bertz CT molecular complexity index is 482. The lowest BCUT2D eigenvalue weighted by molar-refractivity contribution is 0.368. The molecule has 0 saturated carbocycles. The fourth-order valence-corrected chi connectivity index (χ4v) is 2.10. The van der Waals surface area contributed by atoms with Gasteiger partial charge in [-0.3, -0.25) is 4.99 Å². The van der Waals surface area contributed by atoms with Crippen LogP contribution < -0.4 is 24.8 Å². The van der Waals surface area contributed by atoms with Gasteiger partial charge in [-0.1, -0.05) is 0 Å². The first kappa shape index (κ1) is 21.6. The van der Waals surface area contributed by atoms with Crippen LogP contribution in [0.25, 0.3) is 0 Å². The molecule has 6 nitrogen and oxygen atoms in total. The minimum Gasteiger partial charge on any atom is -0.496 e. The third kappa shape index (κ3) is 6.72. The van der Waals surface area contributed by atoms with Crippen LogP contribution in [0.5, 0.6) is 17.2 Å². The van der Waals surface area contributed by atoms with Gasteiger partial charge in [0.25, 0.3) is 0 Å². The van der Waals surface area contributed by atoms with E-state index in [1.54, 1.807) is 28.4 Å². The van der Waals surface area contributed by atoms with E-state index in [-0.39, 0.29) is 24.0 Å². The second kappa shape index (κ2) is 11.2. The van der Waals surface area contributed by atoms with Crippen LogP contribution in [0, 0.1) is 0 Å². The average Bonchev–Trinajstić information content (AvgIpc) is 2.52. The molecular weight excluding hydrogens is 409 g/mol. The number of rotatable bonds is 7. The van der Waals surface area contributed by atoms with Crippen molar-refractivity contribution in [2.75, 3.05) is 34.9 Å². The summed E-state index contributed by atoms with van der Waals surface area (Å²) in [5, 5.41) is 6.52. The Hall–Kier alpha value is -1.38. The number of hydrogen-bond acceptors (Lipinski definition) is 4. The average molecular weight is 437 g/mol. The Morgan fingerprint density at radius 1 is 1.09 bits per heavy atom. The van der Waals surface area contributed by atoms with Gasteiger partial charge in [-0.2, -0.15) is 0 Å². The van der Waals surface area contributed by atoms with Gasteiger partial charge < -0.3 is 24.8 Å². The topological polar surface area (TPSA) is 64.1 Å². The van der Waals surface area contributed by atoms with Crippen molar-refractivity contribution in [3.63, 3.8) is 0 Å². The zero-order valence-corrected chi connectivity index (χ0v) is 17.1. The summed E-state index contributed by atoms with van der Waals surface area (Å²) in [7, 11) is 6.66. The van der Waals surface area contributed by atoms with E-state index in [9.17, 15) is 0 Å². The highest BCUT2D eigenvalue weighted by Crippen LogP contribution is 2.34. The molecule has 23 heavy (non-hydrogen) atoms. The van der Waals surface area contributed by atoms with E-state index in [1.165, 1.54) is 0 Å². The van der Waals surface area contributed by atoms with Crippen LogP contribution >= 0.6 is 24.0 Å². The Morgan fingerprint density at radius 2 is 1.65 bits per heavy atom. The molecule has 0 bridgehead atoms. The minimum absolute atomic E-state index is 0. The number of halogens is 1. The molecule has 0 aliphatic heterocycles. The van der Waals surface area contributed by atoms with Crippen LogP contribution in [0.4, 0.5) is 0 Å². The SMILES string of the molecule is CN=C(NCCc1c(OC)cc(OC)cc1OC)NC(C)C.I. The molecule has 132 valence electrons. The molecule has 1 aromatic rings. The number of guanidine groups is 1. The lowest BCUT2D eigenvalue weighted by Gasteiger charge is -2.17. The van der Waals surface area contributed by atoms with Crippen LogP contribution in [0.15, 0.2) is 17.1 Å². The van der Waals surface area contributed by atoms with Crippen molar-refractivity contribution in [3.05, 3.63) is 17.7 Å². The van der Waals surface area contributed by atoms with Crippen molar-refractivity contribution >= 4 is 29.9 Å². The third-order valence-electron chi connectivity index (χ3n) is 3.13. The van der Waals surface area contributed by atoms with Crippen molar-refractivity contribution in [2.24, 2.45) is 4.99 Å². The van der Waals surface area contributed by atoms with E-state index in [0.29, 0.717) is 18.3 Å². The Kier molecular flexibility index (Phi) is 10.5. The Labute approximate surface area is 156 Å². The molecular formula is C16H28IN3O3. The predicted octanol–water partition coefficient (Wildman–Crippen LogP) is 2.45. The number of hydrogen-bond donors (Lipinski definition) is 2. The quantitative estimate of drug-likeness (QED) is 0.390. The molecule has 0 saturated heterocycles. The molecule has 0 heterocycles. The van der Waals surface area contributed by atoms with Crippen LogP contribution in [0.2, 0.25) is 0 Å². The van der Waals surface area contributed by atoms with E-state index in [2.05, 4.69) is 29.5 Å². The Balaban J connectivity index is 0.00000484. The molecule has 0 aliphatic rings. The molecule has 2 N–H and O–H groups in total. The maximum absolute atomic E-state index is 5.45. The zero-order chi connectivity index (χ0) is 16.5. The van der Waals surface area contributed by atoms with Crippen LogP contribution in [0.3, 0.4) is 0 Å². The number of aliphatic imine (C=N–C) groups is 1. The van der Waals surface area contributed by atoms with Crippen molar-refractivity contribution < 1.29 is 14.2 Å². The summed E-state index contributed by atoms with van der Waals surface area (Å²) in [6.07, 6.45) is 0.745. The van der Waals surface area contributed by atoms with Gasteiger partial charge in [0.2, 0.25) is 0 Å². The van der Waals surface area contributed by atoms with Crippen molar-refractivity contribution in [3.8, 4) is 17.2 Å². The maximum atomic E-state index is 5.45. The van der Waals surface area contributed by atoms with Crippen LogP contribution in [0.1, 0.15) is 19.4 Å².